The highest BCUT2D eigenvalue weighted by atomic mass is 32.1. The number of fused-ring (bicyclic) bond motifs is 1. The van der Waals surface area contributed by atoms with Crippen LogP contribution in [0.3, 0.4) is 0 Å². The maximum Gasteiger partial charge on any atom is 0.158 e. The van der Waals surface area contributed by atoms with Crippen LogP contribution in [0.5, 0.6) is 0 Å². The number of H-pyrrole nitrogens is 1. The van der Waals surface area contributed by atoms with E-state index in [9.17, 15) is 0 Å². The van der Waals surface area contributed by atoms with E-state index in [1.165, 1.54) is 0 Å². The number of aryl methyl sites for hydroxylation is 1. The summed E-state index contributed by atoms with van der Waals surface area (Å²) in [5.41, 5.74) is 6.79. The van der Waals surface area contributed by atoms with E-state index < -0.39 is 0 Å². The molecule has 1 aromatic carbocycles. The predicted octanol–water partition coefficient (Wildman–Crippen LogP) is 4.06. The molecule has 4 aromatic rings. The first-order valence-electron chi connectivity index (χ1n) is 6.63. The summed E-state index contributed by atoms with van der Waals surface area (Å²) in [6, 6.07) is 12.0. The van der Waals surface area contributed by atoms with Crippen molar-refractivity contribution in [3.05, 3.63) is 53.7 Å². The number of hydrogen-bond donors (Lipinski definition) is 1. The van der Waals surface area contributed by atoms with Gasteiger partial charge in [-0.05, 0) is 30.7 Å². The number of nitrogens with one attached hydrogen (secondary N) is 1. The standard InChI is InChI=1S/C16H12N4S/c1-10-5-4-7-11-13(10)20-16(19-11)14-15(21-9-18-14)12-6-2-3-8-17-12/h2-9H,1H3,(H,19,20). The quantitative estimate of drug-likeness (QED) is 0.606. The van der Waals surface area contributed by atoms with Crippen LogP contribution in [0.25, 0.3) is 33.1 Å². The number of benzene rings is 1. The molecule has 0 spiro atoms. The van der Waals surface area contributed by atoms with Crippen molar-refractivity contribution in [2.24, 2.45) is 0 Å². The lowest BCUT2D eigenvalue weighted by atomic mass is 10.2. The summed E-state index contributed by atoms with van der Waals surface area (Å²) in [6.07, 6.45) is 1.79. The normalized spacial score (nSPS) is 11.1. The average molecular weight is 292 g/mol. The zero-order chi connectivity index (χ0) is 14.2. The summed E-state index contributed by atoms with van der Waals surface area (Å²) in [6.45, 7) is 2.06. The van der Waals surface area contributed by atoms with E-state index in [0.717, 1.165) is 38.7 Å². The van der Waals surface area contributed by atoms with E-state index in [1.807, 2.05) is 35.8 Å². The predicted molar refractivity (Wildman–Crippen MR) is 85.2 cm³/mol. The summed E-state index contributed by atoms with van der Waals surface area (Å²) >= 11 is 1.58. The van der Waals surface area contributed by atoms with Crippen LogP contribution in [-0.4, -0.2) is 19.9 Å². The fourth-order valence-corrected chi connectivity index (χ4v) is 3.15. The Morgan fingerprint density at radius 2 is 2.00 bits per heavy atom. The first-order valence-corrected chi connectivity index (χ1v) is 7.51. The van der Waals surface area contributed by atoms with Crippen molar-refractivity contribution in [3.8, 4) is 22.1 Å². The van der Waals surface area contributed by atoms with Crippen LogP contribution in [0.4, 0.5) is 0 Å². The number of thiazole rings is 1. The summed E-state index contributed by atoms with van der Waals surface area (Å²) in [5, 5.41) is 0. The highest BCUT2D eigenvalue weighted by molar-refractivity contribution is 7.13. The molecule has 102 valence electrons. The van der Waals surface area contributed by atoms with Crippen molar-refractivity contribution in [1.29, 1.82) is 0 Å². The number of imidazole rings is 1. The lowest BCUT2D eigenvalue weighted by Crippen LogP contribution is -1.86. The Kier molecular flexibility index (Phi) is 2.79. The zero-order valence-corrected chi connectivity index (χ0v) is 12.2. The average Bonchev–Trinajstić information content (AvgIpc) is 3.15. The number of nitrogens with zero attached hydrogens (tertiary/aromatic N) is 3. The smallest absolute Gasteiger partial charge is 0.158 e. The molecule has 0 saturated heterocycles. The van der Waals surface area contributed by atoms with E-state index >= 15 is 0 Å². The highest BCUT2D eigenvalue weighted by Crippen LogP contribution is 2.33. The van der Waals surface area contributed by atoms with Crippen LogP contribution in [0.1, 0.15) is 5.56 Å². The van der Waals surface area contributed by atoms with Crippen molar-refractivity contribution in [1.82, 2.24) is 19.9 Å². The molecule has 0 saturated carbocycles. The molecular formula is C16H12N4S. The van der Waals surface area contributed by atoms with Gasteiger partial charge in [0.05, 0.1) is 27.1 Å². The molecule has 21 heavy (non-hydrogen) atoms. The maximum atomic E-state index is 4.70. The van der Waals surface area contributed by atoms with Gasteiger partial charge in [-0.2, -0.15) is 0 Å². The van der Waals surface area contributed by atoms with Crippen molar-refractivity contribution in [2.75, 3.05) is 0 Å². The van der Waals surface area contributed by atoms with Gasteiger partial charge in [-0.25, -0.2) is 9.97 Å². The number of rotatable bonds is 2. The molecule has 0 atom stereocenters. The molecule has 4 nitrogen and oxygen atoms in total. The molecule has 0 aliphatic heterocycles. The van der Waals surface area contributed by atoms with Gasteiger partial charge in [0.15, 0.2) is 5.82 Å². The van der Waals surface area contributed by atoms with E-state index in [4.69, 9.17) is 4.98 Å². The Balaban J connectivity index is 1.90. The van der Waals surface area contributed by atoms with Gasteiger partial charge in [0.2, 0.25) is 0 Å². The first-order chi connectivity index (χ1) is 10.3. The monoisotopic (exact) mass is 292 g/mol. The van der Waals surface area contributed by atoms with Crippen LogP contribution in [0.15, 0.2) is 48.1 Å². The molecule has 0 bridgehead atoms. The number of hydrogen-bond acceptors (Lipinski definition) is 4. The molecule has 3 heterocycles. The van der Waals surface area contributed by atoms with Crippen LogP contribution in [-0.2, 0) is 0 Å². The van der Waals surface area contributed by atoms with E-state index in [-0.39, 0.29) is 0 Å². The third kappa shape index (κ3) is 2.02. The fourth-order valence-electron chi connectivity index (χ4n) is 2.38. The zero-order valence-electron chi connectivity index (χ0n) is 11.4. The van der Waals surface area contributed by atoms with Gasteiger partial charge in [-0.15, -0.1) is 11.3 Å². The molecular weight excluding hydrogens is 280 g/mol. The van der Waals surface area contributed by atoms with Gasteiger partial charge < -0.3 is 4.98 Å². The molecule has 1 N–H and O–H groups in total. The van der Waals surface area contributed by atoms with Crippen molar-refractivity contribution in [2.45, 2.75) is 6.92 Å². The summed E-state index contributed by atoms with van der Waals surface area (Å²) in [7, 11) is 0. The second-order valence-corrected chi connectivity index (χ2v) is 5.66. The summed E-state index contributed by atoms with van der Waals surface area (Å²) in [4.78, 5) is 18.0. The summed E-state index contributed by atoms with van der Waals surface area (Å²) < 4.78 is 0. The second kappa shape index (κ2) is 4.79. The molecule has 4 rings (SSSR count). The maximum absolute atomic E-state index is 4.70. The van der Waals surface area contributed by atoms with E-state index in [0.29, 0.717) is 0 Å². The van der Waals surface area contributed by atoms with Gasteiger partial charge in [0.1, 0.15) is 5.69 Å². The second-order valence-electron chi connectivity index (χ2n) is 4.80. The van der Waals surface area contributed by atoms with Crippen LogP contribution in [0, 0.1) is 6.92 Å². The summed E-state index contributed by atoms with van der Waals surface area (Å²) in [5.74, 6) is 0.793. The molecule has 5 heteroatoms. The Bertz CT molecular complexity index is 908. The third-order valence-electron chi connectivity index (χ3n) is 3.40. The van der Waals surface area contributed by atoms with Gasteiger partial charge in [-0.3, -0.25) is 4.98 Å². The molecule has 0 unspecified atom stereocenters. The van der Waals surface area contributed by atoms with Crippen LogP contribution in [0.2, 0.25) is 0 Å². The number of aromatic nitrogens is 4. The van der Waals surface area contributed by atoms with Gasteiger partial charge in [0, 0.05) is 6.20 Å². The molecule has 0 radical (unpaired) electrons. The largest absolute Gasteiger partial charge is 0.337 e. The van der Waals surface area contributed by atoms with Gasteiger partial charge in [0.25, 0.3) is 0 Å². The molecule has 3 aromatic heterocycles. The minimum Gasteiger partial charge on any atom is -0.337 e. The number of pyridine rings is 1. The third-order valence-corrected chi connectivity index (χ3v) is 4.25. The lowest BCUT2D eigenvalue weighted by Gasteiger charge is -1.98. The van der Waals surface area contributed by atoms with Crippen LogP contribution < -0.4 is 0 Å². The number of para-hydroxylation sites is 1. The van der Waals surface area contributed by atoms with Crippen LogP contribution >= 0.6 is 11.3 Å². The SMILES string of the molecule is Cc1cccc2[nH]c(-c3ncsc3-c3ccccn3)nc12. The van der Waals surface area contributed by atoms with Gasteiger partial charge in [-0.1, -0.05) is 18.2 Å². The highest BCUT2D eigenvalue weighted by Gasteiger charge is 2.15. The Labute approximate surface area is 125 Å². The molecule has 0 amide bonds. The Hall–Kier alpha value is -2.53. The van der Waals surface area contributed by atoms with Crippen molar-refractivity contribution >= 4 is 22.4 Å². The molecule has 0 fully saturated rings. The molecule has 0 aliphatic rings. The molecule has 0 aliphatic carbocycles. The minimum atomic E-state index is 0.793. The Morgan fingerprint density at radius 3 is 2.81 bits per heavy atom. The number of aromatic amines is 1. The van der Waals surface area contributed by atoms with Crippen molar-refractivity contribution < 1.29 is 0 Å². The first kappa shape index (κ1) is 12.2. The van der Waals surface area contributed by atoms with E-state index in [2.05, 4.69) is 27.9 Å². The fraction of sp³-hybridized carbons (Fsp3) is 0.0625. The van der Waals surface area contributed by atoms with Gasteiger partial charge >= 0.3 is 0 Å². The lowest BCUT2D eigenvalue weighted by molar-refractivity contribution is 1.26. The minimum absolute atomic E-state index is 0.793. The topological polar surface area (TPSA) is 54.5 Å². The van der Waals surface area contributed by atoms with Crippen molar-refractivity contribution in [3.63, 3.8) is 0 Å². The Morgan fingerprint density at radius 1 is 1.05 bits per heavy atom. The van der Waals surface area contributed by atoms with E-state index in [1.54, 1.807) is 17.5 Å².